The Morgan fingerprint density at radius 2 is 1.37 bits per heavy atom. The minimum Gasteiger partial charge on any atom is -0.332 e. The molecule has 38 heavy (non-hydrogen) atoms. The maximum absolute atomic E-state index is 14.6. The van der Waals surface area contributed by atoms with Crippen molar-refractivity contribution in [2.75, 3.05) is 6.54 Å². The highest BCUT2D eigenvalue weighted by Gasteiger charge is 2.37. The van der Waals surface area contributed by atoms with Gasteiger partial charge in [-0.05, 0) is 48.2 Å². The van der Waals surface area contributed by atoms with E-state index in [1.807, 2.05) is 43.3 Å². The molecular weight excluding hydrogens is 502 g/mol. The number of benzene rings is 4. The van der Waals surface area contributed by atoms with Crippen molar-refractivity contribution in [3.8, 4) is 0 Å². The Kier molecular flexibility index (Phi) is 7.87. The second kappa shape index (κ2) is 11.5. The molecule has 0 aliphatic carbocycles. The molecule has 0 fully saturated rings. The van der Waals surface area contributed by atoms with Crippen molar-refractivity contribution in [2.45, 2.75) is 38.5 Å². The number of halogens is 3. The van der Waals surface area contributed by atoms with Gasteiger partial charge in [-0.2, -0.15) is 0 Å². The van der Waals surface area contributed by atoms with Gasteiger partial charge in [-0.3, -0.25) is 9.69 Å². The number of hydrogen-bond acceptors (Lipinski definition) is 2. The van der Waals surface area contributed by atoms with Crippen LogP contribution in [0.5, 0.6) is 0 Å². The lowest BCUT2D eigenvalue weighted by molar-refractivity contribution is -0.138. The van der Waals surface area contributed by atoms with Crippen molar-refractivity contribution in [1.29, 1.82) is 0 Å². The van der Waals surface area contributed by atoms with Crippen molar-refractivity contribution in [1.82, 2.24) is 9.80 Å². The first-order valence-corrected chi connectivity index (χ1v) is 13.2. The fourth-order valence-corrected chi connectivity index (χ4v) is 5.57. The van der Waals surface area contributed by atoms with Gasteiger partial charge in [-0.1, -0.05) is 90.5 Å². The summed E-state index contributed by atoms with van der Waals surface area (Å²) < 4.78 is 29.3. The van der Waals surface area contributed by atoms with E-state index in [4.69, 9.17) is 11.6 Å². The number of rotatable bonds is 7. The highest BCUT2D eigenvalue weighted by molar-refractivity contribution is 6.31. The second-order valence-electron chi connectivity index (χ2n) is 9.66. The first-order chi connectivity index (χ1) is 18.4. The fraction of sp³-hybridized carbons (Fsp3) is 0.219. The molecule has 1 aliphatic heterocycles. The first kappa shape index (κ1) is 26.1. The number of nitrogens with zero attached hydrogens (tertiary/aromatic N) is 2. The van der Waals surface area contributed by atoms with Gasteiger partial charge in [0.15, 0.2) is 0 Å². The van der Waals surface area contributed by atoms with Crippen molar-refractivity contribution in [2.24, 2.45) is 0 Å². The molecule has 0 saturated carbocycles. The monoisotopic (exact) mass is 530 g/mol. The minimum absolute atomic E-state index is 0.0331. The quantitative estimate of drug-likeness (QED) is 0.252. The number of carbonyl (C=O) groups excluding carboxylic acids is 1. The van der Waals surface area contributed by atoms with Crippen LogP contribution in [-0.4, -0.2) is 28.3 Å². The zero-order valence-electron chi connectivity index (χ0n) is 21.2. The van der Waals surface area contributed by atoms with Crippen LogP contribution in [0.4, 0.5) is 8.78 Å². The number of amides is 1. The van der Waals surface area contributed by atoms with Crippen LogP contribution < -0.4 is 0 Å². The summed E-state index contributed by atoms with van der Waals surface area (Å²) in [6, 6.07) is 27.9. The first-order valence-electron chi connectivity index (χ1n) is 12.8. The van der Waals surface area contributed by atoms with Crippen LogP contribution in [0.1, 0.15) is 40.8 Å². The molecule has 4 aromatic rings. The number of carbonyl (C=O) groups is 1. The fourth-order valence-electron chi connectivity index (χ4n) is 5.33. The molecule has 4 aromatic carbocycles. The Morgan fingerprint density at radius 3 is 1.97 bits per heavy atom. The Labute approximate surface area is 227 Å². The Balaban J connectivity index is 1.51. The molecule has 1 aliphatic rings. The van der Waals surface area contributed by atoms with Crippen LogP contribution >= 0.6 is 11.6 Å². The summed E-state index contributed by atoms with van der Waals surface area (Å²) >= 11 is 6.68. The third-order valence-electron chi connectivity index (χ3n) is 7.33. The lowest BCUT2D eigenvalue weighted by Crippen LogP contribution is -2.50. The molecular formula is C32H29ClF2N2O. The highest BCUT2D eigenvalue weighted by Crippen LogP contribution is 2.39. The van der Waals surface area contributed by atoms with E-state index in [9.17, 15) is 13.6 Å². The molecule has 0 spiro atoms. The topological polar surface area (TPSA) is 23.6 Å². The van der Waals surface area contributed by atoms with Gasteiger partial charge in [-0.15, -0.1) is 0 Å². The van der Waals surface area contributed by atoms with Gasteiger partial charge < -0.3 is 4.90 Å². The van der Waals surface area contributed by atoms with Gasteiger partial charge in [0.25, 0.3) is 0 Å². The van der Waals surface area contributed by atoms with Crippen molar-refractivity contribution in [3.05, 3.63) is 142 Å². The van der Waals surface area contributed by atoms with E-state index in [0.29, 0.717) is 22.7 Å². The van der Waals surface area contributed by atoms with Crippen LogP contribution in [0.25, 0.3) is 0 Å². The standard InChI is InChI=1S/C32H29ClF2N2O/c1-22(37-19-18-23-10-2-5-13-26(23)31(37)27-14-6-7-15-28(27)33)32(38)36(20-24-11-3-8-16-29(24)34)21-25-12-4-9-17-30(25)35/h2-17,22,31H,18-21H2,1H3/t22-,31+/m0/s1. The summed E-state index contributed by atoms with van der Waals surface area (Å²) in [5.41, 5.74) is 4.03. The van der Waals surface area contributed by atoms with Gasteiger partial charge >= 0.3 is 0 Å². The smallest absolute Gasteiger partial charge is 0.240 e. The maximum Gasteiger partial charge on any atom is 0.240 e. The number of hydrogen-bond donors (Lipinski definition) is 0. The van der Waals surface area contributed by atoms with E-state index >= 15 is 0 Å². The predicted octanol–water partition coefficient (Wildman–Crippen LogP) is 7.18. The summed E-state index contributed by atoms with van der Waals surface area (Å²) in [5.74, 6) is -0.993. The Bertz CT molecular complexity index is 1390. The van der Waals surface area contributed by atoms with Crippen LogP contribution in [-0.2, 0) is 24.3 Å². The SMILES string of the molecule is C[C@@H](C(=O)N(Cc1ccccc1F)Cc1ccccc1F)N1CCc2ccccc2[C@@H]1c1ccccc1Cl. The largest absolute Gasteiger partial charge is 0.332 e. The van der Waals surface area contributed by atoms with Gasteiger partial charge in [0.1, 0.15) is 11.6 Å². The van der Waals surface area contributed by atoms with Gasteiger partial charge in [0, 0.05) is 35.8 Å². The van der Waals surface area contributed by atoms with Gasteiger partial charge in [0.2, 0.25) is 5.91 Å². The van der Waals surface area contributed by atoms with E-state index in [-0.39, 0.29) is 25.0 Å². The van der Waals surface area contributed by atoms with E-state index in [0.717, 1.165) is 17.5 Å². The van der Waals surface area contributed by atoms with E-state index in [2.05, 4.69) is 17.0 Å². The van der Waals surface area contributed by atoms with E-state index < -0.39 is 17.7 Å². The van der Waals surface area contributed by atoms with Gasteiger partial charge in [0.05, 0.1) is 12.1 Å². The minimum atomic E-state index is -0.567. The van der Waals surface area contributed by atoms with Crippen LogP contribution in [0.2, 0.25) is 5.02 Å². The van der Waals surface area contributed by atoms with Crippen molar-refractivity contribution in [3.63, 3.8) is 0 Å². The molecule has 0 aromatic heterocycles. The molecule has 0 saturated heterocycles. The molecule has 1 amide bonds. The Morgan fingerprint density at radius 1 is 0.842 bits per heavy atom. The van der Waals surface area contributed by atoms with Crippen LogP contribution in [0.15, 0.2) is 97.1 Å². The second-order valence-corrected chi connectivity index (χ2v) is 10.1. The molecule has 0 radical (unpaired) electrons. The zero-order chi connectivity index (χ0) is 26.6. The van der Waals surface area contributed by atoms with E-state index in [1.54, 1.807) is 41.3 Å². The lowest BCUT2D eigenvalue weighted by Gasteiger charge is -2.42. The average molecular weight is 531 g/mol. The van der Waals surface area contributed by atoms with Gasteiger partial charge in [-0.25, -0.2) is 8.78 Å². The highest BCUT2D eigenvalue weighted by atomic mass is 35.5. The summed E-state index contributed by atoms with van der Waals surface area (Å²) in [6.45, 7) is 2.58. The molecule has 0 N–H and O–H groups in total. The third-order valence-corrected chi connectivity index (χ3v) is 7.67. The normalized spacial score (nSPS) is 16.1. The lowest BCUT2D eigenvalue weighted by atomic mass is 9.87. The predicted molar refractivity (Wildman–Crippen MR) is 147 cm³/mol. The van der Waals surface area contributed by atoms with Crippen LogP contribution in [0.3, 0.4) is 0 Å². The van der Waals surface area contributed by atoms with Crippen molar-refractivity contribution < 1.29 is 13.6 Å². The molecule has 1 heterocycles. The van der Waals surface area contributed by atoms with Crippen LogP contribution in [0, 0.1) is 11.6 Å². The summed E-state index contributed by atoms with van der Waals surface area (Å²) in [7, 11) is 0. The molecule has 194 valence electrons. The molecule has 5 rings (SSSR count). The zero-order valence-corrected chi connectivity index (χ0v) is 21.9. The Hall–Kier alpha value is -3.54. The average Bonchev–Trinajstić information content (AvgIpc) is 2.94. The summed E-state index contributed by atoms with van der Waals surface area (Å²) in [6.07, 6.45) is 0.787. The molecule has 0 bridgehead atoms. The third kappa shape index (κ3) is 5.35. The maximum atomic E-state index is 14.6. The van der Waals surface area contributed by atoms with Crippen molar-refractivity contribution >= 4 is 17.5 Å². The molecule has 0 unspecified atom stereocenters. The molecule has 2 atom stereocenters. The number of fused-ring (bicyclic) bond motifs is 1. The van der Waals surface area contributed by atoms with E-state index in [1.165, 1.54) is 17.7 Å². The molecule has 6 heteroatoms. The summed E-state index contributed by atoms with van der Waals surface area (Å²) in [4.78, 5) is 17.9. The summed E-state index contributed by atoms with van der Waals surface area (Å²) in [5, 5.41) is 0.633. The molecule has 3 nitrogen and oxygen atoms in total.